The molecule has 2 unspecified atom stereocenters. The van der Waals surface area contributed by atoms with Gasteiger partial charge in [-0.3, -0.25) is 0 Å². The van der Waals surface area contributed by atoms with Gasteiger partial charge in [-0.05, 0) is 49.4 Å². The number of halogens is 2. The first-order valence-corrected chi connectivity index (χ1v) is 6.76. The summed E-state index contributed by atoms with van der Waals surface area (Å²) in [7, 11) is 0. The Morgan fingerprint density at radius 2 is 2.29 bits per heavy atom. The van der Waals surface area contributed by atoms with Crippen LogP contribution in [0.1, 0.15) is 37.7 Å². The molecule has 94 valence electrons. The Morgan fingerprint density at radius 1 is 1.47 bits per heavy atom. The van der Waals surface area contributed by atoms with E-state index in [4.69, 9.17) is 11.6 Å². The monoisotopic (exact) mass is 255 g/mol. The first kappa shape index (κ1) is 12.8. The number of hydrogen-bond acceptors (Lipinski definition) is 1. The van der Waals surface area contributed by atoms with Crippen LogP contribution in [-0.2, 0) is 0 Å². The lowest BCUT2D eigenvalue weighted by Gasteiger charge is -2.32. The Morgan fingerprint density at radius 3 is 3.06 bits per heavy atom. The summed E-state index contributed by atoms with van der Waals surface area (Å²) in [5.41, 5.74) is 0.803. The third-order valence-electron chi connectivity index (χ3n) is 3.65. The highest BCUT2D eigenvalue weighted by Gasteiger charge is 2.28. The minimum absolute atomic E-state index is 0.220. The summed E-state index contributed by atoms with van der Waals surface area (Å²) in [5, 5.41) is 3.64. The second-order valence-corrected chi connectivity index (χ2v) is 5.20. The van der Waals surface area contributed by atoms with Gasteiger partial charge in [0.05, 0.1) is 5.02 Å². The van der Waals surface area contributed by atoms with E-state index < -0.39 is 0 Å². The largest absolute Gasteiger partial charge is 0.316 e. The van der Waals surface area contributed by atoms with E-state index in [2.05, 4.69) is 12.2 Å². The molecule has 2 atom stereocenters. The van der Waals surface area contributed by atoms with Crippen molar-refractivity contribution < 1.29 is 4.39 Å². The minimum atomic E-state index is -0.220. The average Bonchev–Trinajstić information content (AvgIpc) is 2.34. The van der Waals surface area contributed by atoms with Gasteiger partial charge in [-0.15, -0.1) is 0 Å². The van der Waals surface area contributed by atoms with Crippen molar-refractivity contribution in [2.75, 3.05) is 13.1 Å². The smallest absolute Gasteiger partial charge is 0.145 e. The molecule has 0 radical (unpaired) electrons. The summed E-state index contributed by atoms with van der Waals surface area (Å²) in [6.45, 7) is 4.14. The van der Waals surface area contributed by atoms with E-state index in [9.17, 15) is 4.39 Å². The molecule has 0 saturated carbocycles. The van der Waals surface area contributed by atoms with E-state index in [0.717, 1.165) is 37.9 Å². The second kappa shape index (κ2) is 5.83. The van der Waals surface area contributed by atoms with E-state index in [1.165, 1.54) is 0 Å². The van der Waals surface area contributed by atoms with Gasteiger partial charge in [-0.25, -0.2) is 4.39 Å². The maximum Gasteiger partial charge on any atom is 0.145 e. The van der Waals surface area contributed by atoms with E-state index in [1.807, 2.05) is 12.1 Å². The molecule has 3 heteroatoms. The van der Waals surface area contributed by atoms with Crippen molar-refractivity contribution >= 4 is 11.6 Å². The number of rotatable bonds is 3. The quantitative estimate of drug-likeness (QED) is 0.862. The van der Waals surface area contributed by atoms with Crippen LogP contribution in [0.25, 0.3) is 0 Å². The molecule has 0 aromatic heterocycles. The fraction of sp³-hybridized carbons (Fsp3) is 0.571. The fourth-order valence-corrected chi connectivity index (χ4v) is 3.00. The zero-order chi connectivity index (χ0) is 12.3. The molecule has 0 amide bonds. The van der Waals surface area contributed by atoms with Crippen LogP contribution >= 0.6 is 11.6 Å². The highest BCUT2D eigenvalue weighted by Crippen LogP contribution is 2.36. The third-order valence-corrected chi connectivity index (χ3v) is 3.94. The maximum absolute atomic E-state index is 14.0. The maximum atomic E-state index is 14.0. The number of hydrogen-bond donors (Lipinski definition) is 1. The molecule has 1 N–H and O–H groups in total. The Bertz CT molecular complexity index is 378. The van der Waals surface area contributed by atoms with Crippen molar-refractivity contribution in [2.45, 2.75) is 32.1 Å². The Kier molecular flexibility index (Phi) is 4.41. The summed E-state index contributed by atoms with van der Waals surface area (Å²) in [6.07, 6.45) is 3.29. The zero-order valence-electron chi connectivity index (χ0n) is 10.2. The molecule has 1 saturated heterocycles. The lowest BCUT2D eigenvalue weighted by Crippen LogP contribution is -2.35. The summed E-state index contributed by atoms with van der Waals surface area (Å²) < 4.78 is 14.0. The highest BCUT2D eigenvalue weighted by molar-refractivity contribution is 6.30. The van der Waals surface area contributed by atoms with Crippen molar-refractivity contribution in [2.24, 2.45) is 5.92 Å². The number of piperidine rings is 1. The van der Waals surface area contributed by atoms with E-state index in [1.54, 1.807) is 6.07 Å². The lowest BCUT2D eigenvalue weighted by atomic mass is 9.79. The van der Waals surface area contributed by atoms with Gasteiger partial charge < -0.3 is 5.32 Å². The molecule has 1 aliphatic rings. The standard InChI is InChI=1S/C14H19ClFN/c1-2-4-10-9-17-8-7-11(10)12-5-3-6-13(15)14(12)16/h3,5-6,10-11,17H,2,4,7-9H2,1H3. The van der Waals surface area contributed by atoms with E-state index >= 15 is 0 Å². The molecule has 1 aromatic carbocycles. The van der Waals surface area contributed by atoms with Gasteiger partial charge in [0, 0.05) is 0 Å². The molecular weight excluding hydrogens is 237 g/mol. The van der Waals surface area contributed by atoms with Crippen molar-refractivity contribution in [3.8, 4) is 0 Å². The molecule has 1 nitrogen and oxygen atoms in total. The molecular formula is C14H19ClFN. The molecule has 0 bridgehead atoms. The van der Waals surface area contributed by atoms with Crippen LogP contribution in [0, 0.1) is 11.7 Å². The van der Waals surface area contributed by atoms with E-state index in [-0.39, 0.29) is 10.8 Å². The summed E-state index contributed by atoms with van der Waals surface area (Å²) in [6, 6.07) is 5.36. The predicted molar refractivity (Wildman–Crippen MR) is 70.0 cm³/mol. The first-order chi connectivity index (χ1) is 8.24. The van der Waals surface area contributed by atoms with Gasteiger partial charge >= 0.3 is 0 Å². The van der Waals surface area contributed by atoms with Crippen molar-refractivity contribution in [3.63, 3.8) is 0 Å². The molecule has 2 rings (SSSR count). The Labute approximate surface area is 107 Å². The van der Waals surface area contributed by atoms with Gasteiger partial charge in [0.25, 0.3) is 0 Å². The predicted octanol–water partition coefficient (Wildman–Crippen LogP) is 3.97. The van der Waals surface area contributed by atoms with Crippen LogP contribution in [0.3, 0.4) is 0 Å². The van der Waals surface area contributed by atoms with Gasteiger partial charge in [0.15, 0.2) is 0 Å². The molecule has 1 fully saturated rings. The molecule has 0 aliphatic carbocycles. The summed E-state index contributed by atoms with van der Waals surface area (Å²) in [5.74, 6) is 0.624. The average molecular weight is 256 g/mol. The van der Waals surface area contributed by atoms with E-state index in [0.29, 0.717) is 11.8 Å². The normalized spacial score (nSPS) is 24.9. The van der Waals surface area contributed by atoms with Gasteiger partial charge in [0.2, 0.25) is 0 Å². The van der Waals surface area contributed by atoms with Gasteiger partial charge in [-0.1, -0.05) is 37.1 Å². The van der Waals surface area contributed by atoms with Crippen LogP contribution in [-0.4, -0.2) is 13.1 Å². The topological polar surface area (TPSA) is 12.0 Å². The first-order valence-electron chi connectivity index (χ1n) is 6.38. The summed E-state index contributed by atoms with van der Waals surface area (Å²) >= 11 is 5.87. The van der Waals surface area contributed by atoms with Gasteiger partial charge in [-0.2, -0.15) is 0 Å². The molecule has 17 heavy (non-hydrogen) atoms. The second-order valence-electron chi connectivity index (χ2n) is 4.79. The van der Waals surface area contributed by atoms with Crippen LogP contribution in [0.4, 0.5) is 4.39 Å². The van der Waals surface area contributed by atoms with Crippen molar-refractivity contribution in [1.82, 2.24) is 5.32 Å². The fourth-order valence-electron chi connectivity index (χ4n) is 2.81. The molecule has 1 aromatic rings. The SMILES string of the molecule is CCCC1CNCCC1c1cccc(Cl)c1F. The van der Waals surface area contributed by atoms with Crippen LogP contribution in [0.15, 0.2) is 18.2 Å². The Hall–Kier alpha value is -0.600. The minimum Gasteiger partial charge on any atom is -0.316 e. The summed E-state index contributed by atoms with van der Waals surface area (Å²) in [4.78, 5) is 0. The van der Waals surface area contributed by atoms with Crippen molar-refractivity contribution in [3.05, 3.63) is 34.6 Å². The Balaban J connectivity index is 2.26. The van der Waals surface area contributed by atoms with Crippen LogP contribution in [0.5, 0.6) is 0 Å². The van der Waals surface area contributed by atoms with Crippen LogP contribution < -0.4 is 5.32 Å². The highest BCUT2D eigenvalue weighted by atomic mass is 35.5. The van der Waals surface area contributed by atoms with Gasteiger partial charge in [0.1, 0.15) is 5.82 Å². The molecule has 1 heterocycles. The number of benzene rings is 1. The molecule has 1 aliphatic heterocycles. The molecule has 0 spiro atoms. The third kappa shape index (κ3) is 2.80. The van der Waals surface area contributed by atoms with Crippen molar-refractivity contribution in [1.29, 1.82) is 0 Å². The number of nitrogens with one attached hydrogen (secondary N) is 1. The zero-order valence-corrected chi connectivity index (χ0v) is 10.9. The lowest BCUT2D eigenvalue weighted by molar-refractivity contribution is 0.301. The van der Waals surface area contributed by atoms with Crippen LogP contribution in [0.2, 0.25) is 5.02 Å².